The van der Waals surface area contributed by atoms with Crippen LogP contribution in [0.15, 0.2) is 66.7 Å². The van der Waals surface area contributed by atoms with Crippen molar-refractivity contribution < 1.29 is 9.18 Å². The van der Waals surface area contributed by atoms with Crippen LogP contribution in [0.5, 0.6) is 0 Å². The minimum absolute atomic E-state index is 0.215. The highest BCUT2D eigenvalue weighted by molar-refractivity contribution is 5.78. The summed E-state index contributed by atoms with van der Waals surface area (Å²) in [7, 11) is 0. The Morgan fingerprint density at radius 2 is 1.70 bits per heavy atom. The standard InChI is InChI=1S/C29H29FN2O/c30-25-6-3-4-20(15-25)18-32-28-12-13-31(19-23(28)9-11-29(32)33)17-21-8-10-27-24(14-21)16-22-5-1-2-7-26(22)27/h1-8,10,14-15,23,28H,9,11-13,16-19H2/t23-,28+/m1/s1. The number of likely N-dealkylation sites (tertiary alicyclic amines) is 2. The quantitative estimate of drug-likeness (QED) is 0.424. The van der Waals surface area contributed by atoms with Gasteiger partial charge in [0.1, 0.15) is 5.82 Å². The lowest BCUT2D eigenvalue weighted by atomic mass is 9.83. The average molecular weight is 441 g/mol. The van der Waals surface area contributed by atoms with Crippen LogP contribution in [-0.2, 0) is 24.3 Å². The number of halogens is 1. The third kappa shape index (κ3) is 3.97. The fourth-order valence-corrected chi connectivity index (χ4v) is 6.16. The molecular formula is C29H29FN2O. The molecule has 1 amide bonds. The Balaban J connectivity index is 1.13. The predicted molar refractivity (Wildman–Crippen MR) is 128 cm³/mol. The van der Waals surface area contributed by atoms with Crippen molar-refractivity contribution in [2.75, 3.05) is 13.1 Å². The summed E-state index contributed by atoms with van der Waals surface area (Å²) in [5.74, 6) is 0.469. The molecule has 4 heteroatoms. The highest BCUT2D eigenvalue weighted by Gasteiger charge is 2.39. The van der Waals surface area contributed by atoms with Gasteiger partial charge in [0.2, 0.25) is 5.91 Å². The molecule has 0 unspecified atom stereocenters. The third-order valence-corrected chi connectivity index (χ3v) is 7.73. The number of fused-ring (bicyclic) bond motifs is 4. The second kappa shape index (κ2) is 8.42. The maximum atomic E-state index is 13.7. The Hall–Kier alpha value is -2.98. The van der Waals surface area contributed by atoms with Crippen LogP contribution in [-0.4, -0.2) is 34.8 Å². The monoisotopic (exact) mass is 440 g/mol. The lowest BCUT2D eigenvalue weighted by Crippen LogP contribution is -2.55. The average Bonchev–Trinajstić information content (AvgIpc) is 3.19. The number of carbonyl (C=O) groups is 1. The van der Waals surface area contributed by atoms with E-state index in [0.717, 1.165) is 44.5 Å². The van der Waals surface area contributed by atoms with E-state index in [1.54, 1.807) is 12.1 Å². The molecule has 2 heterocycles. The summed E-state index contributed by atoms with van der Waals surface area (Å²) >= 11 is 0. The van der Waals surface area contributed by atoms with E-state index >= 15 is 0 Å². The number of nitrogens with zero attached hydrogens (tertiary/aromatic N) is 2. The second-order valence-corrected chi connectivity index (χ2v) is 9.87. The molecule has 0 bridgehead atoms. The Kier molecular flexibility index (Phi) is 5.26. The highest BCUT2D eigenvalue weighted by Crippen LogP contribution is 2.37. The van der Waals surface area contributed by atoms with Crippen LogP contribution in [0.25, 0.3) is 11.1 Å². The molecule has 33 heavy (non-hydrogen) atoms. The lowest BCUT2D eigenvalue weighted by Gasteiger charge is -2.47. The van der Waals surface area contributed by atoms with E-state index < -0.39 is 0 Å². The van der Waals surface area contributed by atoms with Gasteiger partial charge < -0.3 is 4.90 Å². The molecule has 6 rings (SSSR count). The van der Waals surface area contributed by atoms with Gasteiger partial charge in [-0.2, -0.15) is 0 Å². The molecule has 0 N–H and O–H groups in total. The van der Waals surface area contributed by atoms with Gasteiger partial charge in [-0.25, -0.2) is 4.39 Å². The van der Waals surface area contributed by atoms with Crippen LogP contribution >= 0.6 is 0 Å². The van der Waals surface area contributed by atoms with Crippen molar-refractivity contribution in [2.45, 2.75) is 44.8 Å². The van der Waals surface area contributed by atoms with Gasteiger partial charge in [0, 0.05) is 38.6 Å². The van der Waals surface area contributed by atoms with Crippen molar-refractivity contribution in [3.8, 4) is 11.1 Å². The van der Waals surface area contributed by atoms with Crippen LogP contribution in [0.4, 0.5) is 4.39 Å². The molecule has 0 saturated carbocycles. The SMILES string of the molecule is O=C1CC[C@@H]2CN(Cc3ccc4c(c3)Cc3ccccc3-4)CC[C@@H]2N1Cc1cccc(F)c1. The first-order valence-electron chi connectivity index (χ1n) is 12.1. The van der Waals surface area contributed by atoms with E-state index in [9.17, 15) is 9.18 Å². The van der Waals surface area contributed by atoms with Crippen LogP contribution in [0.2, 0.25) is 0 Å². The van der Waals surface area contributed by atoms with Gasteiger partial charge in [-0.3, -0.25) is 9.69 Å². The number of hydrogen-bond acceptors (Lipinski definition) is 2. The molecule has 3 aliphatic rings. The Bertz CT molecular complexity index is 1210. The van der Waals surface area contributed by atoms with Crippen molar-refractivity contribution in [1.82, 2.24) is 9.80 Å². The molecule has 0 radical (unpaired) electrons. The number of piperidine rings is 2. The molecule has 2 aliphatic heterocycles. The van der Waals surface area contributed by atoms with E-state index in [4.69, 9.17) is 0 Å². The molecule has 3 aromatic carbocycles. The maximum absolute atomic E-state index is 13.7. The molecule has 2 atom stereocenters. The first-order valence-corrected chi connectivity index (χ1v) is 12.1. The zero-order valence-corrected chi connectivity index (χ0v) is 18.8. The summed E-state index contributed by atoms with van der Waals surface area (Å²) in [5, 5.41) is 0. The lowest BCUT2D eigenvalue weighted by molar-refractivity contribution is -0.142. The van der Waals surface area contributed by atoms with Gasteiger partial charge in [-0.1, -0.05) is 54.6 Å². The van der Waals surface area contributed by atoms with Crippen LogP contribution < -0.4 is 0 Å². The van der Waals surface area contributed by atoms with Gasteiger partial charge in [0.05, 0.1) is 0 Å². The van der Waals surface area contributed by atoms with Gasteiger partial charge in [-0.15, -0.1) is 0 Å². The zero-order valence-electron chi connectivity index (χ0n) is 18.8. The van der Waals surface area contributed by atoms with Crippen molar-refractivity contribution in [1.29, 1.82) is 0 Å². The van der Waals surface area contributed by atoms with Crippen molar-refractivity contribution in [3.63, 3.8) is 0 Å². The summed E-state index contributed by atoms with van der Waals surface area (Å²) < 4.78 is 13.7. The second-order valence-electron chi connectivity index (χ2n) is 9.87. The molecule has 0 aromatic heterocycles. The van der Waals surface area contributed by atoms with Crippen LogP contribution in [0, 0.1) is 11.7 Å². The smallest absolute Gasteiger partial charge is 0.223 e. The third-order valence-electron chi connectivity index (χ3n) is 7.73. The summed E-state index contributed by atoms with van der Waals surface area (Å²) in [4.78, 5) is 17.3. The molecule has 1 aliphatic carbocycles. The van der Waals surface area contributed by atoms with Crippen molar-refractivity contribution >= 4 is 5.91 Å². The van der Waals surface area contributed by atoms with Gasteiger partial charge in [0.15, 0.2) is 0 Å². The maximum Gasteiger partial charge on any atom is 0.223 e. The Morgan fingerprint density at radius 1 is 0.848 bits per heavy atom. The summed E-state index contributed by atoms with van der Waals surface area (Å²) in [6.45, 7) is 3.49. The van der Waals surface area contributed by atoms with E-state index in [1.165, 1.54) is 33.9 Å². The fourth-order valence-electron chi connectivity index (χ4n) is 6.16. The normalized spacial score (nSPS) is 22.1. The topological polar surface area (TPSA) is 23.6 Å². The van der Waals surface area contributed by atoms with Gasteiger partial charge in [-0.05, 0) is 70.7 Å². The van der Waals surface area contributed by atoms with E-state index in [2.05, 4.69) is 47.4 Å². The number of amides is 1. The summed E-state index contributed by atoms with van der Waals surface area (Å²) in [5.41, 5.74) is 7.88. The number of rotatable bonds is 4. The van der Waals surface area contributed by atoms with E-state index in [0.29, 0.717) is 18.9 Å². The van der Waals surface area contributed by atoms with Crippen molar-refractivity contribution in [2.24, 2.45) is 5.92 Å². The first-order chi connectivity index (χ1) is 16.1. The first kappa shape index (κ1) is 20.6. The summed E-state index contributed by atoms with van der Waals surface area (Å²) in [6, 6.07) is 22.6. The largest absolute Gasteiger partial charge is 0.335 e. The summed E-state index contributed by atoms with van der Waals surface area (Å²) in [6.07, 6.45) is 3.57. The van der Waals surface area contributed by atoms with Crippen LogP contribution in [0.3, 0.4) is 0 Å². The van der Waals surface area contributed by atoms with Crippen molar-refractivity contribution in [3.05, 3.63) is 94.8 Å². The number of benzene rings is 3. The highest BCUT2D eigenvalue weighted by atomic mass is 19.1. The Labute approximate surface area is 194 Å². The van der Waals surface area contributed by atoms with Gasteiger partial charge in [0.25, 0.3) is 0 Å². The van der Waals surface area contributed by atoms with E-state index in [1.807, 2.05) is 11.0 Å². The number of hydrogen-bond donors (Lipinski definition) is 0. The minimum Gasteiger partial charge on any atom is -0.335 e. The molecule has 2 fully saturated rings. The molecule has 3 aromatic rings. The fraction of sp³-hybridized carbons (Fsp3) is 0.345. The van der Waals surface area contributed by atoms with Crippen LogP contribution in [0.1, 0.15) is 41.5 Å². The molecule has 168 valence electrons. The van der Waals surface area contributed by atoms with Gasteiger partial charge >= 0.3 is 0 Å². The molecule has 0 spiro atoms. The Morgan fingerprint density at radius 3 is 2.61 bits per heavy atom. The molecule has 3 nitrogen and oxygen atoms in total. The molecular weight excluding hydrogens is 411 g/mol. The zero-order chi connectivity index (χ0) is 22.4. The predicted octanol–water partition coefficient (Wildman–Crippen LogP) is 5.41. The van der Waals surface area contributed by atoms with E-state index in [-0.39, 0.29) is 17.8 Å². The molecule has 2 saturated heterocycles. The minimum atomic E-state index is -0.235. The number of carbonyl (C=O) groups excluding carboxylic acids is 1.